The number of amides is 2. The van der Waals surface area contributed by atoms with E-state index < -0.39 is 11.3 Å². The van der Waals surface area contributed by atoms with Crippen LogP contribution in [0.15, 0.2) is 0 Å². The van der Waals surface area contributed by atoms with Gasteiger partial charge in [0.05, 0.1) is 5.41 Å². The Morgan fingerprint density at radius 3 is 2.33 bits per heavy atom. The van der Waals surface area contributed by atoms with Crippen LogP contribution >= 0.6 is 0 Å². The van der Waals surface area contributed by atoms with Crippen LogP contribution in [0.1, 0.15) is 32.1 Å². The van der Waals surface area contributed by atoms with Gasteiger partial charge in [-0.3, -0.25) is 9.59 Å². The van der Waals surface area contributed by atoms with Crippen molar-refractivity contribution in [2.24, 2.45) is 16.9 Å². The summed E-state index contributed by atoms with van der Waals surface area (Å²) in [5.41, 5.74) is 10.2. The molecule has 1 aliphatic carbocycles. The Bertz CT molecular complexity index is 247. The lowest BCUT2D eigenvalue weighted by Crippen LogP contribution is -2.44. The summed E-state index contributed by atoms with van der Waals surface area (Å²) in [5, 5.41) is 2.73. The lowest BCUT2D eigenvalue weighted by molar-refractivity contribution is -0.130. The Morgan fingerprint density at radius 2 is 1.87 bits per heavy atom. The summed E-state index contributed by atoms with van der Waals surface area (Å²) >= 11 is 0. The van der Waals surface area contributed by atoms with Crippen molar-refractivity contribution in [3.63, 3.8) is 0 Å². The second kappa shape index (κ2) is 5.11. The zero-order valence-electron chi connectivity index (χ0n) is 8.92. The number of hydrogen-bond acceptors (Lipinski definition) is 3. The van der Waals surface area contributed by atoms with Gasteiger partial charge < -0.3 is 16.8 Å². The summed E-state index contributed by atoms with van der Waals surface area (Å²) in [7, 11) is 0. The van der Waals surface area contributed by atoms with Gasteiger partial charge >= 0.3 is 0 Å². The molecule has 0 radical (unpaired) electrons. The molecule has 1 aliphatic rings. The van der Waals surface area contributed by atoms with Crippen LogP contribution in [0.25, 0.3) is 0 Å². The molecule has 0 atom stereocenters. The van der Waals surface area contributed by atoms with Gasteiger partial charge in [-0.25, -0.2) is 0 Å². The number of nitrogens with one attached hydrogen (secondary N) is 1. The van der Waals surface area contributed by atoms with E-state index in [1.54, 1.807) is 0 Å². The van der Waals surface area contributed by atoms with Crippen molar-refractivity contribution in [3.8, 4) is 0 Å². The molecule has 1 saturated carbocycles. The third-order valence-electron chi connectivity index (χ3n) is 3.09. The van der Waals surface area contributed by atoms with E-state index in [1.807, 2.05) is 0 Å². The smallest absolute Gasteiger partial charge is 0.227 e. The van der Waals surface area contributed by atoms with Gasteiger partial charge in [0.15, 0.2) is 0 Å². The largest absolute Gasteiger partial charge is 0.370 e. The lowest BCUT2D eigenvalue weighted by Gasteiger charge is -2.25. The molecule has 0 aromatic carbocycles. The second-order valence-electron chi connectivity index (χ2n) is 4.16. The average molecular weight is 213 g/mol. The fourth-order valence-electron chi connectivity index (χ4n) is 2.06. The van der Waals surface area contributed by atoms with E-state index in [0.29, 0.717) is 13.1 Å². The minimum absolute atomic E-state index is 0.0243. The van der Waals surface area contributed by atoms with Gasteiger partial charge in [0.2, 0.25) is 11.8 Å². The SMILES string of the molecule is NCC1(C(=O)NCCC(N)=O)CCCC1. The first-order chi connectivity index (χ1) is 7.10. The molecule has 0 aliphatic heterocycles. The van der Waals surface area contributed by atoms with Crippen LogP contribution in [-0.4, -0.2) is 24.9 Å². The summed E-state index contributed by atoms with van der Waals surface area (Å²) < 4.78 is 0. The first kappa shape index (κ1) is 12.0. The minimum Gasteiger partial charge on any atom is -0.370 e. The number of rotatable bonds is 5. The first-order valence-corrected chi connectivity index (χ1v) is 5.37. The van der Waals surface area contributed by atoms with E-state index in [-0.39, 0.29) is 12.3 Å². The normalized spacial score (nSPS) is 18.7. The maximum Gasteiger partial charge on any atom is 0.227 e. The van der Waals surface area contributed by atoms with Crippen LogP contribution in [0.3, 0.4) is 0 Å². The van der Waals surface area contributed by atoms with Crippen molar-refractivity contribution < 1.29 is 9.59 Å². The molecule has 0 bridgehead atoms. The van der Waals surface area contributed by atoms with E-state index in [9.17, 15) is 9.59 Å². The maximum atomic E-state index is 11.8. The lowest BCUT2D eigenvalue weighted by atomic mass is 9.85. The molecule has 5 N–H and O–H groups in total. The van der Waals surface area contributed by atoms with Gasteiger partial charge in [-0.1, -0.05) is 12.8 Å². The molecule has 1 rings (SSSR count). The molecule has 5 nitrogen and oxygen atoms in total. The zero-order valence-corrected chi connectivity index (χ0v) is 8.92. The number of primary amides is 1. The standard InChI is InChI=1S/C10H19N3O2/c11-7-10(4-1-2-5-10)9(15)13-6-3-8(12)14/h1-7,11H2,(H2,12,14)(H,13,15). The van der Waals surface area contributed by atoms with E-state index in [2.05, 4.69) is 5.32 Å². The van der Waals surface area contributed by atoms with Crippen molar-refractivity contribution in [2.45, 2.75) is 32.1 Å². The Labute approximate surface area is 89.6 Å². The molecule has 0 aromatic rings. The van der Waals surface area contributed by atoms with Crippen molar-refractivity contribution in [1.82, 2.24) is 5.32 Å². The van der Waals surface area contributed by atoms with Crippen LogP contribution in [0.2, 0.25) is 0 Å². The molecule has 0 saturated heterocycles. The van der Waals surface area contributed by atoms with Crippen LogP contribution in [-0.2, 0) is 9.59 Å². The van der Waals surface area contributed by atoms with Crippen molar-refractivity contribution >= 4 is 11.8 Å². The van der Waals surface area contributed by atoms with Gasteiger partial charge in [-0.05, 0) is 12.8 Å². The summed E-state index contributed by atoms with van der Waals surface area (Å²) in [6.45, 7) is 0.700. The fourth-order valence-corrected chi connectivity index (χ4v) is 2.06. The van der Waals surface area contributed by atoms with Crippen LogP contribution in [0.5, 0.6) is 0 Å². The van der Waals surface area contributed by atoms with Gasteiger partial charge in [-0.15, -0.1) is 0 Å². The van der Waals surface area contributed by atoms with Crippen molar-refractivity contribution in [2.75, 3.05) is 13.1 Å². The molecule has 2 amide bonds. The zero-order chi connectivity index (χ0) is 11.3. The predicted octanol–water partition coefficient (Wildman–Crippen LogP) is -0.503. The number of nitrogens with two attached hydrogens (primary N) is 2. The van der Waals surface area contributed by atoms with Crippen molar-refractivity contribution in [3.05, 3.63) is 0 Å². The quantitative estimate of drug-likeness (QED) is 0.574. The molecule has 5 heteroatoms. The van der Waals surface area contributed by atoms with E-state index >= 15 is 0 Å². The molecule has 1 fully saturated rings. The fraction of sp³-hybridized carbons (Fsp3) is 0.800. The summed E-state index contributed by atoms with van der Waals surface area (Å²) in [5.74, 6) is -0.424. The summed E-state index contributed by atoms with van der Waals surface area (Å²) in [6, 6.07) is 0. The van der Waals surface area contributed by atoms with Gasteiger partial charge in [0.1, 0.15) is 0 Å². The third-order valence-corrected chi connectivity index (χ3v) is 3.09. The van der Waals surface area contributed by atoms with Crippen LogP contribution < -0.4 is 16.8 Å². The third kappa shape index (κ3) is 2.92. The summed E-state index contributed by atoms with van der Waals surface area (Å²) in [4.78, 5) is 22.3. The Hall–Kier alpha value is -1.10. The minimum atomic E-state index is -0.400. The number of carbonyl (C=O) groups excluding carboxylic acids is 2. The first-order valence-electron chi connectivity index (χ1n) is 5.37. The highest BCUT2D eigenvalue weighted by Crippen LogP contribution is 2.37. The highest BCUT2D eigenvalue weighted by molar-refractivity contribution is 5.83. The molecular weight excluding hydrogens is 194 g/mol. The van der Waals surface area contributed by atoms with E-state index in [4.69, 9.17) is 11.5 Å². The monoisotopic (exact) mass is 213 g/mol. The van der Waals surface area contributed by atoms with Crippen LogP contribution in [0.4, 0.5) is 0 Å². The molecule has 0 heterocycles. The average Bonchev–Trinajstić information content (AvgIpc) is 2.66. The molecule has 0 spiro atoms. The molecule has 86 valence electrons. The highest BCUT2D eigenvalue weighted by Gasteiger charge is 2.39. The van der Waals surface area contributed by atoms with Gasteiger partial charge in [0, 0.05) is 19.5 Å². The molecule has 0 unspecified atom stereocenters. The second-order valence-corrected chi connectivity index (χ2v) is 4.16. The maximum absolute atomic E-state index is 11.8. The Balaban J connectivity index is 2.40. The predicted molar refractivity (Wildman–Crippen MR) is 56.8 cm³/mol. The van der Waals surface area contributed by atoms with Crippen molar-refractivity contribution in [1.29, 1.82) is 0 Å². The summed E-state index contributed by atoms with van der Waals surface area (Å²) in [6.07, 6.45) is 4.01. The number of carbonyl (C=O) groups is 2. The van der Waals surface area contributed by atoms with Gasteiger partial charge in [-0.2, -0.15) is 0 Å². The van der Waals surface area contributed by atoms with E-state index in [1.165, 1.54) is 0 Å². The molecule has 15 heavy (non-hydrogen) atoms. The van der Waals surface area contributed by atoms with Crippen LogP contribution in [0, 0.1) is 5.41 Å². The Kier molecular flexibility index (Phi) is 4.08. The Morgan fingerprint density at radius 1 is 1.27 bits per heavy atom. The number of hydrogen-bond donors (Lipinski definition) is 3. The molecular formula is C10H19N3O2. The van der Waals surface area contributed by atoms with E-state index in [0.717, 1.165) is 25.7 Å². The molecule has 0 aromatic heterocycles. The highest BCUT2D eigenvalue weighted by atomic mass is 16.2. The van der Waals surface area contributed by atoms with Gasteiger partial charge in [0.25, 0.3) is 0 Å². The topological polar surface area (TPSA) is 98.2 Å².